The Morgan fingerprint density at radius 2 is 2.19 bits per heavy atom. The number of guanidine groups is 1. The molecule has 0 amide bonds. The Balaban J connectivity index is 0.00000338. The van der Waals surface area contributed by atoms with Crippen molar-refractivity contribution in [2.24, 2.45) is 10.9 Å². The van der Waals surface area contributed by atoms with Gasteiger partial charge >= 0.3 is 0 Å². The second-order valence-electron chi connectivity index (χ2n) is 6.13. The number of H-pyrrole nitrogens is 1. The van der Waals surface area contributed by atoms with Gasteiger partial charge in [-0.1, -0.05) is 33.1 Å². The van der Waals surface area contributed by atoms with E-state index in [-0.39, 0.29) is 24.0 Å². The quantitative estimate of drug-likeness (QED) is 0.278. The van der Waals surface area contributed by atoms with Crippen molar-refractivity contribution in [1.29, 1.82) is 0 Å². The molecule has 0 fully saturated rings. The number of rotatable bonds is 10. The van der Waals surface area contributed by atoms with Gasteiger partial charge in [0, 0.05) is 26.6 Å². The van der Waals surface area contributed by atoms with E-state index in [4.69, 9.17) is 4.42 Å². The molecule has 0 radical (unpaired) electrons. The van der Waals surface area contributed by atoms with Gasteiger partial charge in [-0.25, -0.2) is 4.98 Å². The van der Waals surface area contributed by atoms with Crippen LogP contribution in [0.15, 0.2) is 27.8 Å². The first-order chi connectivity index (χ1) is 12.3. The molecule has 1 atom stereocenters. The topological polar surface area (TPSA) is 91.1 Å². The van der Waals surface area contributed by atoms with Crippen molar-refractivity contribution in [2.45, 2.75) is 46.0 Å². The Hall–Kier alpha value is -1.58. The number of nitrogens with one attached hydrogen (secondary N) is 3. The predicted molar refractivity (Wildman–Crippen MR) is 116 cm³/mol. The Morgan fingerprint density at radius 3 is 2.85 bits per heavy atom. The molecular weight excluding hydrogens is 443 g/mol. The van der Waals surface area contributed by atoms with Crippen LogP contribution in [0.5, 0.6) is 0 Å². The number of aromatic nitrogens is 3. The van der Waals surface area contributed by atoms with Crippen LogP contribution in [0.4, 0.5) is 0 Å². The van der Waals surface area contributed by atoms with Crippen molar-refractivity contribution >= 4 is 29.9 Å². The van der Waals surface area contributed by atoms with Gasteiger partial charge in [-0.05, 0) is 24.5 Å². The molecule has 0 saturated heterocycles. The minimum absolute atomic E-state index is 0. The fourth-order valence-corrected chi connectivity index (χ4v) is 2.63. The zero-order chi connectivity index (χ0) is 17.9. The summed E-state index contributed by atoms with van der Waals surface area (Å²) in [6.07, 6.45) is 7.35. The Morgan fingerprint density at radius 1 is 1.35 bits per heavy atom. The molecule has 8 heteroatoms. The number of aromatic amines is 1. The van der Waals surface area contributed by atoms with Gasteiger partial charge in [0.1, 0.15) is 5.82 Å². The highest BCUT2D eigenvalue weighted by Crippen LogP contribution is 2.14. The molecule has 26 heavy (non-hydrogen) atoms. The summed E-state index contributed by atoms with van der Waals surface area (Å²) in [5.41, 5.74) is 0. The number of furan rings is 1. The molecule has 2 rings (SSSR count). The van der Waals surface area contributed by atoms with Crippen LogP contribution in [0.3, 0.4) is 0 Å². The number of nitrogens with zero attached hydrogens (tertiary/aromatic N) is 3. The average Bonchev–Trinajstić information content (AvgIpc) is 3.31. The highest BCUT2D eigenvalue weighted by molar-refractivity contribution is 14.0. The molecule has 2 heterocycles. The third kappa shape index (κ3) is 7.35. The van der Waals surface area contributed by atoms with Crippen LogP contribution in [0.2, 0.25) is 0 Å². The van der Waals surface area contributed by atoms with Gasteiger partial charge in [-0.3, -0.25) is 10.1 Å². The van der Waals surface area contributed by atoms with Gasteiger partial charge in [0.2, 0.25) is 5.82 Å². The second-order valence-corrected chi connectivity index (χ2v) is 6.13. The van der Waals surface area contributed by atoms with E-state index < -0.39 is 0 Å². The number of hydrogen-bond acceptors (Lipinski definition) is 4. The molecule has 146 valence electrons. The molecule has 0 spiro atoms. The molecule has 0 saturated carbocycles. The van der Waals surface area contributed by atoms with E-state index in [1.807, 2.05) is 12.1 Å². The maximum atomic E-state index is 5.30. The van der Waals surface area contributed by atoms with Gasteiger partial charge in [-0.15, -0.1) is 24.0 Å². The number of aliphatic imine (C=N–C) groups is 1. The second kappa shape index (κ2) is 12.7. The van der Waals surface area contributed by atoms with E-state index in [2.05, 4.69) is 44.7 Å². The first-order valence-corrected chi connectivity index (χ1v) is 9.16. The van der Waals surface area contributed by atoms with Gasteiger partial charge in [0.15, 0.2) is 11.7 Å². The summed E-state index contributed by atoms with van der Waals surface area (Å²) in [5, 5.41) is 13.9. The molecule has 2 aromatic rings. The Bertz CT molecular complexity index is 625. The van der Waals surface area contributed by atoms with Crippen LogP contribution in [0.1, 0.15) is 45.4 Å². The lowest BCUT2D eigenvalue weighted by atomic mass is 9.99. The first-order valence-electron chi connectivity index (χ1n) is 9.16. The first kappa shape index (κ1) is 22.5. The van der Waals surface area contributed by atoms with Crippen LogP contribution in [-0.2, 0) is 6.42 Å². The summed E-state index contributed by atoms with van der Waals surface area (Å²) in [6, 6.07) is 3.67. The van der Waals surface area contributed by atoms with E-state index in [1.54, 1.807) is 13.3 Å². The maximum absolute atomic E-state index is 5.30. The minimum atomic E-state index is 0. The molecule has 3 N–H and O–H groups in total. The number of unbranched alkanes of at least 4 members (excludes halogenated alkanes) is 1. The lowest BCUT2D eigenvalue weighted by Gasteiger charge is -2.17. The monoisotopic (exact) mass is 474 g/mol. The van der Waals surface area contributed by atoms with Crippen LogP contribution in [-0.4, -0.2) is 41.3 Å². The van der Waals surface area contributed by atoms with E-state index in [0.717, 1.165) is 31.3 Å². The summed E-state index contributed by atoms with van der Waals surface area (Å²) < 4.78 is 5.30. The summed E-state index contributed by atoms with van der Waals surface area (Å²) in [6.45, 7) is 6.18. The highest BCUT2D eigenvalue weighted by Gasteiger charge is 2.09. The van der Waals surface area contributed by atoms with Crippen LogP contribution < -0.4 is 10.6 Å². The lowest BCUT2D eigenvalue weighted by molar-refractivity contribution is 0.443. The van der Waals surface area contributed by atoms with Crippen molar-refractivity contribution in [3.63, 3.8) is 0 Å². The highest BCUT2D eigenvalue weighted by atomic mass is 127. The smallest absolute Gasteiger partial charge is 0.216 e. The van der Waals surface area contributed by atoms with Crippen LogP contribution >= 0.6 is 24.0 Å². The Labute approximate surface area is 172 Å². The molecule has 7 nitrogen and oxygen atoms in total. The Kier molecular flexibility index (Phi) is 11.0. The van der Waals surface area contributed by atoms with Gasteiger partial charge < -0.3 is 15.1 Å². The van der Waals surface area contributed by atoms with Gasteiger partial charge in [0.05, 0.1) is 6.26 Å². The van der Waals surface area contributed by atoms with Crippen molar-refractivity contribution in [3.8, 4) is 11.6 Å². The minimum Gasteiger partial charge on any atom is -0.461 e. The number of hydrogen-bond donors (Lipinski definition) is 3. The van der Waals surface area contributed by atoms with Crippen molar-refractivity contribution < 1.29 is 4.42 Å². The molecule has 1 unspecified atom stereocenters. The van der Waals surface area contributed by atoms with Gasteiger partial charge in [-0.2, -0.15) is 5.10 Å². The third-order valence-electron chi connectivity index (χ3n) is 4.25. The van der Waals surface area contributed by atoms with E-state index >= 15 is 0 Å². The molecule has 0 bridgehead atoms. The number of halogens is 1. The SMILES string of the molecule is CCCCC(CC)CNC(=NC)NCCc1nc(-c2ccco2)n[nH]1.I. The van der Waals surface area contributed by atoms with Gasteiger partial charge in [0.25, 0.3) is 0 Å². The van der Waals surface area contributed by atoms with Crippen LogP contribution in [0, 0.1) is 5.92 Å². The molecule has 0 aliphatic carbocycles. The fourth-order valence-electron chi connectivity index (χ4n) is 2.63. The predicted octanol–water partition coefficient (Wildman–Crippen LogP) is 3.61. The van der Waals surface area contributed by atoms with E-state index in [1.165, 1.54) is 25.7 Å². The van der Waals surface area contributed by atoms with E-state index in [0.29, 0.717) is 17.5 Å². The summed E-state index contributed by atoms with van der Waals surface area (Å²) in [4.78, 5) is 8.72. The zero-order valence-electron chi connectivity index (χ0n) is 15.9. The molecule has 2 aromatic heterocycles. The van der Waals surface area contributed by atoms with Crippen LogP contribution in [0.25, 0.3) is 11.6 Å². The lowest BCUT2D eigenvalue weighted by Crippen LogP contribution is -2.40. The average molecular weight is 474 g/mol. The van der Waals surface area contributed by atoms with Crippen molar-refractivity contribution in [2.75, 3.05) is 20.1 Å². The standard InChI is InChI=1S/C18H30N6O.HI/c1-4-6-8-14(5-2)13-21-18(19-3)20-11-10-16-22-17(24-23-16)15-9-7-12-25-15;/h7,9,12,14H,4-6,8,10-11,13H2,1-3H3,(H2,19,20,21)(H,22,23,24);1H. The molecule has 0 aliphatic rings. The zero-order valence-corrected chi connectivity index (χ0v) is 18.2. The van der Waals surface area contributed by atoms with Crippen molar-refractivity contribution in [3.05, 3.63) is 24.2 Å². The largest absolute Gasteiger partial charge is 0.461 e. The summed E-state index contributed by atoms with van der Waals surface area (Å²) in [5.74, 6) is 3.61. The fraction of sp³-hybridized carbons (Fsp3) is 0.611. The third-order valence-corrected chi connectivity index (χ3v) is 4.25. The van der Waals surface area contributed by atoms with Crippen molar-refractivity contribution in [1.82, 2.24) is 25.8 Å². The van der Waals surface area contributed by atoms with E-state index in [9.17, 15) is 0 Å². The summed E-state index contributed by atoms with van der Waals surface area (Å²) >= 11 is 0. The molecule has 0 aromatic carbocycles. The molecule has 0 aliphatic heterocycles. The summed E-state index contributed by atoms with van der Waals surface area (Å²) in [7, 11) is 1.80. The molecular formula is C18H31IN6O. The normalized spacial score (nSPS) is 12.5. The maximum Gasteiger partial charge on any atom is 0.216 e.